The predicted octanol–water partition coefficient (Wildman–Crippen LogP) is 2.09. The molecule has 1 saturated heterocycles. The van der Waals surface area contributed by atoms with Crippen molar-refractivity contribution in [1.29, 1.82) is 0 Å². The van der Waals surface area contributed by atoms with E-state index in [2.05, 4.69) is 4.98 Å². The zero-order chi connectivity index (χ0) is 10.7. The van der Waals surface area contributed by atoms with Crippen molar-refractivity contribution < 1.29 is 13.9 Å². The Balaban J connectivity index is 1.90. The zero-order valence-corrected chi connectivity index (χ0v) is 8.70. The number of hydrogen-bond donors (Lipinski definition) is 0. The summed E-state index contributed by atoms with van der Waals surface area (Å²) in [7, 11) is 0. The molecule has 0 aliphatic carbocycles. The van der Waals surface area contributed by atoms with Crippen molar-refractivity contribution in [3.63, 3.8) is 0 Å². The third-order valence-corrected chi connectivity index (χ3v) is 2.44. The fourth-order valence-electron chi connectivity index (χ4n) is 1.56. The third-order valence-electron chi connectivity index (χ3n) is 2.44. The number of hydrogen-bond acceptors (Lipinski definition) is 3. The second kappa shape index (κ2) is 4.57. The van der Waals surface area contributed by atoms with Crippen LogP contribution in [0.2, 0.25) is 0 Å². The molecular formula is C11H14FNO2. The van der Waals surface area contributed by atoms with E-state index in [1.807, 2.05) is 0 Å². The molecule has 1 atom stereocenters. The van der Waals surface area contributed by atoms with E-state index >= 15 is 0 Å². The van der Waals surface area contributed by atoms with E-state index in [0.717, 1.165) is 19.4 Å². The topological polar surface area (TPSA) is 31.4 Å². The molecule has 4 heteroatoms. The molecule has 1 aliphatic rings. The molecule has 0 radical (unpaired) electrons. The van der Waals surface area contributed by atoms with Crippen LogP contribution in [0.4, 0.5) is 4.39 Å². The van der Waals surface area contributed by atoms with E-state index in [9.17, 15) is 4.39 Å². The van der Waals surface area contributed by atoms with Gasteiger partial charge < -0.3 is 9.47 Å². The minimum Gasteiger partial charge on any atom is -0.475 e. The molecule has 0 N–H and O–H groups in total. The number of aromatic nitrogens is 1. The summed E-state index contributed by atoms with van der Waals surface area (Å²) in [5, 5.41) is 0. The Kier molecular flexibility index (Phi) is 3.16. The van der Waals surface area contributed by atoms with Crippen molar-refractivity contribution in [3.8, 4) is 5.88 Å². The lowest BCUT2D eigenvalue weighted by atomic mass is 10.2. The molecule has 3 nitrogen and oxygen atoms in total. The van der Waals surface area contributed by atoms with Gasteiger partial charge in [0.1, 0.15) is 12.4 Å². The van der Waals surface area contributed by atoms with Crippen LogP contribution in [0.5, 0.6) is 5.88 Å². The van der Waals surface area contributed by atoms with E-state index in [-0.39, 0.29) is 11.9 Å². The summed E-state index contributed by atoms with van der Waals surface area (Å²) < 4.78 is 23.7. The van der Waals surface area contributed by atoms with E-state index in [0.29, 0.717) is 18.2 Å². The molecule has 15 heavy (non-hydrogen) atoms. The number of rotatable bonds is 3. The molecule has 0 amide bonds. The van der Waals surface area contributed by atoms with Crippen molar-refractivity contribution in [2.45, 2.75) is 25.9 Å². The van der Waals surface area contributed by atoms with Gasteiger partial charge in [-0.1, -0.05) is 0 Å². The molecule has 0 bridgehead atoms. The van der Waals surface area contributed by atoms with Crippen LogP contribution in [0.15, 0.2) is 12.1 Å². The first-order valence-electron chi connectivity index (χ1n) is 5.13. The van der Waals surface area contributed by atoms with Gasteiger partial charge in [0.2, 0.25) is 5.88 Å². The van der Waals surface area contributed by atoms with Gasteiger partial charge in [0.25, 0.3) is 0 Å². The van der Waals surface area contributed by atoms with Crippen LogP contribution in [-0.2, 0) is 4.74 Å². The van der Waals surface area contributed by atoms with Gasteiger partial charge in [0, 0.05) is 12.7 Å². The van der Waals surface area contributed by atoms with Crippen molar-refractivity contribution >= 4 is 0 Å². The highest BCUT2D eigenvalue weighted by Gasteiger charge is 2.16. The Morgan fingerprint density at radius 1 is 1.60 bits per heavy atom. The Morgan fingerprint density at radius 2 is 2.47 bits per heavy atom. The maximum absolute atomic E-state index is 12.9. The van der Waals surface area contributed by atoms with Gasteiger partial charge in [0.15, 0.2) is 0 Å². The van der Waals surface area contributed by atoms with Gasteiger partial charge in [-0.2, -0.15) is 0 Å². The smallest absolute Gasteiger partial charge is 0.213 e. The van der Waals surface area contributed by atoms with E-state index in [1.165, 1.54) is 12.1 Å². The highest BCUT2D eigenvalue weighted by Crippen LogP contribution is 2.15. The molecule has 1 fully saturated rings. The molecule has 0 spiro atoms. The standard InChI is InChI=1S/C11H14FNO2/c1-8-10(12)4-5-11(13-8)15-7-9-3-2-6-14-9/h4-5,9H,2-3,6-7H2,1H3. The Bertz CT molecular complexity index is 337. The summed E-state index contributed by atoms with van der Waals surface area (Å²) in [5.74, 6) is 0.156. The summed E-state index contributed by atoms with van der Waals surface area (Å²) >= 11 is 0. The van der Waals surface area contributed by atoms with Crippen molar-refractivity contribution in [2.24, 2.45) is 0 Å². The van der Waals surface area contributed by atoms with Crippen molar-refractivity contribution in [3.05, 3.63) is 23.6 Å². The largest absolute Gasteiger partial charge is 0.475 e. The van der Waals surface area contributed by atoms with Gasteiger partial charge in [-0.3, -0.25) is 0 Å². The van der Waals surface area contributed by atoms with Crippen LogP contribution in [0.3, 0.4) is 0 Å². The van der Waals surface area contributed by atoms with Crippen molar-refractivity contribution in [2.75, 3.05) is 13.2 Å². The Morgan fingerprint density at radius 3 is 3.13 bits per heavy atom. The average Bonchev–Trinajstić information content (AvgIpc) is 2.73. The van der Waals surface area contributed by atoms with Gasteiger partial charge in [-0.25, -0.2) is 9.37 Å². The lowest BCUT2D eigenvalue weighted by Gasteiger charge is -2.10. The number of ether oxygens (including phenoxy) is 2. The number of pyridine rings is 1. The Hall–Kier alpha value is -1.16. The lowest BCUT2D eigenvalue weighted by molar-refractivity contribution is 0.0662. The first kappa shape index (κ1) is 10.4. The molecule has 82 valence electrons. The van der Waals surface area contributed by atoms with E-state index in [4.69, 9.17) is 9.47 Å². The van der Waals surface area contributed by atoms with E-state index < -0.39 is 0 Å². The van der Waals surface area contributed by atoms with Crippen LogP contribution >= 0.6 is 0 Å². The highest BCUT2D eigenvalue weighted by atomic mass is 19.1. The lowest BCUT2D eigenvalue weighted by Crippen LogP contribution is -2.16. The van der Waals surface area contributed by atoms with Crippen LogP contribution in [-0.4, -0.2) is 24.3 Å². The van der Waals surface area contributed by atoms with Gasteiger partial charge in [-0.05, 0) is 25.8 Å². The van der Waals surface area contributed by atoms with Gasteiger partial charge in [0.05, 0.1) is 11.8 Å². The van der Waals surface area contributed by atoms with Crippen LogP contribution in [0, 0.1) is 12.7 Å². The predicted molar refractivity (Wildman–Crippen MR) is 53.4 cm³/mol. The SMILES string of the molecule is Cc1nc(OCC2CCCO2)ccc1F. The second-order valence-corrected chi connectivity index (χ2v) is 3.66. The number of nitrogens with zero attached hydrogens (tertiary/aromatic N) is 1. The number of aryl methyl sites for hydroxylation is 1. The van der Waals surface area contributed by atoms with Gasteiger partial charge in [-0.15, -0.1) is 0 Å². The maximum atomic E-state index is 12.9. The molecule has 2 heterocycles. The molecule has 0 aromatic carbocycles. The van der Waals surface area contributed by atoms with Crippen LogP contribution in [0.25, 0.3) is 0 Å². The van der Waals surface area contributed by atoms with Crippen molar-refractivity contribution in [1.82, 2.24) is 4.98 Å². The average molecular weight is 211 g/mol. The third kappa shape index (κ3) is 2.65. The molecule has 1 aliphatic heterocycles. The first-order valence-corrected chi connectivity index (χ1v) is 5.13. The maximum Gasteiger partial charge on any atom is 0.213 e. The minimum atomic E-state index is -0.306. The molecule has 1 unspecified atom stereocenters. The Labute approximate surface area is 88.2 Å². The summed E-state index contributed by atoms with van der Waals surface area (Å²) in [4.78, 5) is 3.98. The number of halogens is 1. The van der Waals surface area contributed by atoms with Crippen LogP contribution < -0.4 is 4.74 Å². The quantitative estimate of drug-likeness (QED) is 0.767. The molecule has 1 aromatic rings. The monoisotopic (exact) mass is 211 g/mol. The molecule has 0 saturated carbocycles. The fraction of sp³-hybridized carbons (Fsp3) is 0.545. The summed E-state index contributed by atoms with van der Waals surface area (Å²) in [6, 6.07) is 2.91. The first-order chi connectivity index (χ1) is 7.25. The van der Waals surface area contributed by atoms with Crippen LogP contribution in [0.1, 0.15) is 18.5 Å². The normalized spacial score (nSPS) is 20.5. The summed E-state index contributed by atoms with van der Waals surface area (Å²) in [6.07, 6.45) is 2.28. The second-order valence-electron chi connectivity index (χ2n) is 3.66. The van der Waals surface area contributed by atoms with Gasteiger partial charge >= 0.3 is 0 Å². The molecular weight excluding hydrogens is 197 g/mol. The summed E-state index contributed by atoms with van der Waals surface area (Å²) in [5.41, 5.74) is 0.361. The molecule has 1 aromatic heterocycles. The molecule has 2 rings (SSSR count). The highest BCUT2D eigenvalue weighted by molar-refractivity contribution is 5.16. The minimum absolute atomic E-state index is 0.164. The fourth-order valence-corrected chi connectivity index (χ4v) is 1.56. The van der Waals surface area contributed by atoms with E-state index in [1.54, 1.807) is 6.92 Å². The summed E-state index contributed by atoms with van der Waals surface area (Å²) in [6.45, 7) is 2.93. The zero-order valence-electron chi connectivity index (χ0n) is 8.70.